The Morgan fingerprint density at radius 3 is 2.09 bits per heavy atom. The van der Waals surface area contributed by atoms with Crippen molar-refractivity contribution in [3.8, 4) is 5.75 Å². The summed E-state index contributed by atoms with van der Waals surface area (Å²) in [6.07, 6.45) is 1.73. The summed E-state index contributed by atoms with van der Waals surface area (Å²) >= 11 is 6.25. The van der Waals surface area contributed by atoms with Gasteiger partial charge in [-0.1, -0.05) is 18.5 Å². The maximum Gasteiger partial charge on any atom is 0.162 e. The molecular weight excluding hydrogens is 502 g/mol. The highest BCUT2D eigenvalue weighted by Crippen LogP contribution is 2.26. The van der Waals surface area contributed by atoms with Gasteiger partial charge in [0.2, 0.25) is 0 Å². The SMILES string of the molecule is CCC(=O)c1ccc(OCCN2CCN(CCCC(=O)c3ccc(F)cc3)CC2)c(Cl)c1.Cl.Cl. The van der Waals surface area contributed by atoms with Gasteiger partial charge in [0.05, 0.1) is 5.02 Å². The van der Waals surface area contributed by atoms with Gasteiger partial charge in [0.1, 0.15) is 18.2 Å². The third-order valence-corrected chi connectivity index (χ3v) is 6.04. The summed E-state index contributed by atoms with van der Waals surface area (Å²) in [4.78, 5) is 28.7. The van der Waals surface area contributed by atoms with E-state index in [4.69, 9.17) is 16.3 Å². The van der Waals surface area contributed by atoms with E-state index in [0.717, 1.165) is 45.7 Å². The van der Waals surface area contributed by atoms with Crippen LogP contribution in [0.4, 0.5) is 4.39 Å². The Bertz CT molecular complexity index is 920. The fraction of sp³-hybridized carbons (Fsp3) is 0.440. The topological polar surface area (TPSA) is 49.9 Å². The number of ketones is 2. The molecule has 188 valence electrons. The number of piperazine rings is 1. The van der Waals surface area contributed by atoms with Gasteiger partial charge in [-0.25, -0.2) is 4.39 Å². The lowest BCUT2D eigenvalue weighted by molar-refractivity contribution is 0.0951. The quantitative estimate of drug-likeness (QED) is 0.353. The van der Waals surface area contributed by atoms with Crippen molar-refractivity contribution in [1.29, 1.82) is 0 Å². The molecule has 0 unspecified atom stereocenters. The van der Waals surface area contributed by atoms with E-state index in [9.17, 15) is 14.0 Å². The first-order valence-electron chi connectivity index (χ1n) is 11.1. The molecule has 34 heavy (non-hydrogen) atoms. The van der Waals surface area contributed by atoms with Crippen LogP contribution in [0.1, 0.15) is 46.9 Å². The summed E-state index contributed by atoms with van der Waals surface area (Å²) in [6, 6.07) is 10.9. The molecule has 1 fully saturated rings. The second-order valence-corrected chi connectivity index (χ2v) is 8.39. The Hall–Kier alpha value is -1.70. The van der Waals surface area contributed by atoms with Gasteiger partial charge < -0.3 is 9.64 Å². The third kappa shape index (κ3) is 9.16. The largest absolute Gasteiger partial charge is 0.491 e. The van der Waals surface area contributed by atoms with Crippen molar-refractivity contribution < 1.29 is 18.7 Å². The van der Waals surface area contributed by atoms with E-state index in [-0.39, 0.29) is 42.2 Å². The minimum Gasteiger partial charge on any atom is -0.491 e. The van der Waals surface area contributed by atoms with Crippen molar-refractivity contribution in [2.45, 2.75) is 26.2 Å². The van der Waals surface area contributed by atoms with Gasteiger partial charge in [-0.15, -0.1) is 24.8 Å². The van der Waals surface area contributed by atoms with Crippen LogP contribution in [0.2, 0.25) is 5.02 Å². The average Bonchev–Trinajstić information content (AvgIpc) is 2.81. The summed E-state index contributed by atoms with van der Waals surface area (Å²) in [5, 5.41) is 0.462. The zero-order chi connectivity index (χ0) is 22.9. The number of carbonyl (C=O) groups is 2. The molecule has 0 atom stereocenters. The Labute approximate surface area is 218 Å². The number of hydrogen-bond donors (Lipinski definition) is 0. The lowest BCUT2D eigenvalue weighted by atomic mass is 10.1. The fourth-order valence-electron chi connectivity index (χ4n) is 3.76. The van der Waals surface area contributed by atoms with Crippen LogP contribution in [-0.4, -0.2) is 67.2 Å². The minimum atomic E-state index is -0.325. The van der Waals surface area contributed by atoms with Gasteiger partial charge in [-0.2, -0.15) is 0 Å². The zero-order valence-electron chi connectivity index (χ0n) is 19.3. The van der Waals surface area contributed by atoms with E-state index in [1.807, 2.05) is 6.92 Å². The first-order valence-corrected chi connectivity index (χ1v) is 11.5. The van der Waals surface area contributed by atoms with Crippen LogP contribution in [-0.2, 0) is 0 Å². The molecule has 0 aliphatic carbocycles. The highest BCUT2D eigenvalue weighted by Gasteiger charge is 2.17. The maximum absolute atomic E-state index is 13.0. The molecule has 0 N–H and O–H groups in total. The van der Waals surface area contributed by atoms with Crippen molar-refractivity contribution in [3.05, 3.63) is 64.4 Å². The smallest absolute Gasteiger partial charge is 0.162 e. The first-order chi connectivity index (χ1) is 15.5. The number of rotatable bonds is 11. The molecule has 1 aliphatic rings. The van der Waals surface area contributed by atoms with Gasteiger partial charge in [-0.05, 0) is 55.4 Å². The summed E-state index contributed by atoms with van der Waals surface area (Å²) in [7, 11) is 0. The summed E-state index contributed by atoms with van der Waals surface area (Å²) < 4.78 is 18.8. The van der Waals surface area contributed by atoms with Gasteiger partial charge >= 0.3 is 0 Å². The van der Waals surface area contributed by atoms with Crippen LogP contribution >= 0.6 is 36.4 Å². The molecule has 0 bridgehead atoms. The zero-order valence-corrected chi connectivity index (χ0v) is 21.7. The number of Topliss-reactive ketones (excluding diaryl/α,β-unsaturated/α-hetero) is 2. The molecular formula is C25H32Cl3FN2O3. The van der Waals surface area contributed by atoms with E-state index < -0.39 is 0 Å². The average molecular weight is 534 g/mol. The summed E-state index contributed by atoms with van der Waals surface area (Å²) in [5.74, 6) is 0.403. The Morgan fingerprint density at radius 2 is 1.50 bits per heavy atom. The molecule has 0 radical (unpaired) electrons. The third-order valence-electron chi connectivity index (χ3n) is 5.75. The molecule has 1 saturated heterocycles. The monoisotopic (exact) mass is 532 g/mol. The first kappa shape index (κ1) is 30.3. The highest BCUT2D eigenvalue weighted by molar-refractivity contribution is 6.32. The van der Waals surface area contributed by atoms with Crippen LogP contribution < -0.4 is 4.74 Å². The van der Waals surface area contributed by atoms with Gasteiger partial charge in [0, 0.05) is 56.7 Å². The number of nitrogens with zero attached hydrogens (tertiary/aromatic N) is 2. The van der Waals surface area contributed by atoms with Gasteiger partial charge in [0.15, 0.2) is 11.6 Å². The number of ether oxygens (including phenoxy) is 1. The van der Waals surface area contributed by atoms with Gasteiger partial charge in [-0.3, -0.25) is 14.5 Å². The highest BCUT2D eigenvalue weighted by atomic mass is 35.5. The summed E-state index contributed by atoms with van der Waals surface area (Å²) in [6.45, 7) is 7.87. The van der Waals surface area contributed by atoms with E-state index in [0.29, 0.717) is 41.3 Å². The predicted molar refractivity (Wildman–Crippen MR) is 139 cm³/mol. The number of hydrogen-bond acceptors (Lipinski definition) is 5. The predicted octanol–water partition coefficient (Wildman–Crippen LogP) is 5.57. The van der Waals surface area contributed by atoms with Crippen LogP contribution in [0, 0.1) is 5.82 Å². The normalized spacial score (nSPS) is 14.1. The number of benzene rings is 2. The van der Waals surface area contributed by atoms with Crippen molar-refractivity contribution in [1.82, 2.24) is 9.80 Å². The second kappa shape index (κ2) is 15.3. The Kier molecular flexibility index (Phi) is 13.7. The van der Waals surface area contributed by atoms with Crippen LogP contribution in [0.15, 0.2) is 42.5 Å². The standard InChI is InChI=1S/C25H30ClFN2O3.2ClH/c1-2-23(30)20-7-10-25(22(26)18-20)32-17-16-29-14-12-28(13-15-29)11-3-4-24(31)19-5-8-21(27)9-6-19;;/h5-10,18H,2-4,11-17H2,1H3;2*1H. The van der Waals surface area contributed by atoms with Gasteiger partial charge in [0.25, 0.3) is 0 Å². The molecule has 9 heteroatoms. The molecule has 2 aromatic carbocycles. The van der Waals surface area contributed by atoms with Crippen LogP contribution in [0.3, 0.4) is 0 Å². The second-order valence-electron chi connectivity index (χ2n) is 7.99. The van der Waals surface area contributed by atoms with Crippen molar-refractivity contribution in [2.24, 2.45) is 0 Å². The van der Waals surface area contributed by atoms with Crippen LogP contribution in [0.5, 0.6) is 5.75 Å². The maximum atomic E-state index is 13.0. The van der Waals surface area contributed by atoms with E-state index in [1.54, 1.807) is 30.3 Å². The lowest BCUT2D eigenvalue weighted by Gasteiger charge is -2.34. The molecule has 3 rings (SSSR count). The lowest BCUT2D eigenvalue weighted by Crippen LogP contribution is -2.47. The molecule has 2 aromatic rings. The molecule has 0 spiro atoms. The number of carbonyl (C=O) groups excluding carboxylic acids is 2. The molecule has 0 amide bonds. The molecule has 0 saturated carbocycles. The van der Waals surface area contributed by atoms with E-state index in [1.165, 1.54) is 12.1 Å². The number of halogens is 4. The van der Waals surface area contributed by atoms with E-state index >= 15 is 0 Å². The fourth-order valence-corrected chi connectivity index (χ4v) is 4.00. The minimum absolute atomic E-state index is 0. The van der Waals surface area contributed by atoms with Crippen molar-refractivity contribution >= 4 is 48.0 Å². The Balaban J connectivity index is 0.00000289. The van der Waals surface area contributed by atoms with E-state index in [2.05, 4.69) is 9.80 Å². The van der Waals surface area contributed by atoms with Crippen molar-refractivity contribution in [3.63, 3.8) is 0 Å². The summed E-state index contributed by atoms with van der Waals surface area (Å²) in [5.41, 5.74) is 1.18. The molecule has 1 heterocycles. The molecule has 0 aromatic heterocycles. The Morgan fingerprint density at radius 1 is 0.912 bits per heavy atom. The molecule has 5 nitrogen and oxygen atoms in total. The molecule has 1 aliphatic heterocycles. The van der Waals surface area contributed by atoms with Crippen molar-refractivity contribution in [2.75, 3.05) is 45.9 Å². The van der Waals surface area contributed by atoms with Crippen LogP contribution in [0.25, 0.3) is 0 Å².